The Balaban J connectivity index is 2.55. The molecule has 0 saturated carbocycles. The minimum atomic E-state index is 0.247. The van der Waals surface area contributed by atoms with Gasteiger partial charge in [0.15, 0.2) is 0 Å². The van der Waals surface area contributed by atoms with Crippen LogP contribution in [0.3, 0.4) is 0 Å². The molecule has 0 aliphatic rings. The van der Waals surface area contributed by atoms with Gasteiger partial charge in [-0.1, -0.05) is 13.0 Å². The van der Waals surface area contributed by atoms with Crippen LogP contribution in [0.15, 0.2) is 24.5 Å². The van der Waals surface area contributed by atoms with E-state index in [4.69, 9.17) is 5.26 Å². The van der Waals surface area contributed by atoms with Crippen LogP contribution in [-0.4, -0.2) is 11.0 Å². The summed E-state index contributed by atoms with van der Waals surface area (Å²) >= 11 is 0. The molecule has 1 aromatic heterocycles. The number of hydrogen-bond donors (Lipinski definition) is 1. The second kappa shape index (κ2) is 6.15. The number of rotatable bonds is 5. The van der Waals surface area contributed by atoms with E-state index in [-0.39, 0.29) is 12.1 Å². The highest BCUT2D eigenvalue weighted by molar-refractivity contribution is 5.13. The van der Waals surface area contributed by atoms with Crippen molar-refractivity contribution < 1.29 is 0 Å². The minimum absolute atomic E-state index is 0.247. The summed E-state index contributed by atoms with van der Waals surface area (Å²) < 4.78 is 0. The van der Waals surface area contributed by atoms with Crippen molar-refractivity contribution in [3.05, 3.63) is 30.1 Å². The molecule has 0 aliphatic carbocycles. The van der Waals surface area contributed by atoms with E-state index in [1.54, 1.807) is 6.20 Å². The Labute approximate surface area is 91.1 Å². The number of pyridine rings is 1. The van der Waals surface area contributed by atoms with Crippen LogP contribution < -0.4 is 5.32 Å². The number of aromatic nitrogens is 1. The van der Waals surface area contributed by atoms with Crippen LogP contribution in [0.1, 0.15) is 38.3 Å². The van der Waals surface area contributed by atoms with Crippen molar-refractivity contribution in [1.29, 1.82) is 5.26 Å². The van der Waals surface area contributed by atoms with Crippen molar-refractivity contribution in [3.8, 4) is 6.07 Å². The number of nitrogens with one attached hydrogen (secondary N) is 1. The Morgan fingerprint density at radius 3 is 2.93 bits per heavy atom. The summed E-state index contributed by atoms with van der Waals surface area (Å²) in [4.78, 5) is 4.08. The Bertz CT molecular complexity index is 315. The topological polar surface area (TPSA) is 48.7 Å². The normalized spacial score (nSPS) is 14.2. The molecule has 0 spiro atoms. The first-order chi connectivity index (χ1) is 7.27. The fourth-order valence-electron chi connectivity index (χ4n) is 1.51. The first-order valence-corrected chi connectivity index (χ1v) is 5.30. The molecule has 15 heavy (non-hydrogen) atoms. The predicted octanol–water partition coefficient (Wildman–Crippen LogP) is 2.42. The number of hydrogen-bond acceptors (Lipinski definition) is 3. The molecular weight excluding hydrogens is 186 g/mol. The Morgan fingerprint density at radius 1 is 1.60 bits per heavy atom. The Morgan fingerprint density at radius 2 is 2.40 bits per heavy atom. The molecule has 1 unspecified atom stereocenters. The molecule has 0 aliphatic heterocycles. The fraction of sp³-hybridized carbons (Fsp3) is 0.500. The second-order valence-corrected chi connectivity index (χ2v) is 3.64. The van der Waals surface area contributed by atoms with E-state index in [0.29, 0.717) is 6.42 Å². The molecule has 1 heterocycles. The highest BCUT2D eigenvalue weighted by Gasteiger charge is 2.11. The molecule has 1 rings (SSSR count). The smallest absolute Gasteiger partial charge is 0.0638 e. The van der Waals surface area contributed by atoms with Gasteiger partial charge in [-0.25, -0.2) is 0 Å². The Hall–Kier alpha value is -1.40. The third kappa shape index (κ3) is 3.69. The highest BCUT2D eigenvalue weighted by atomic mass is 14.9. The molecule has 1 N–H and O–H groups in total. The maximum atomic E-state index is 8.65. The van der Waals surface area contributed by atoms with Gasteiger partial charge in [-0.15, -0.1) is 0 Å². The number of nitriles is 1. The lowest BCUT2D eigenvalue weighted by Gasteiger charge is -2.20. The van der Waals surface area contributed by atoms with Gasteiger partial charge in [0.25, 0.3) is 0 Å². The average Bonchev–Trinajstić information content (AvgIpc) is 2.29. The van der Waals surface area contributed by atoms with E-state index in [2.05, 4.69) is 30.2 Å². The zero-order valence-electron chi connectivity index (χ0n) is 9.27. The molecular formula is C12H17N3. The minimum Gasteiger partial charge on any atom is -0.306 e. The maximum absolute atomic E-state index is 8.65. The summed E-state index contributed by atoms with van der Waals surface area (Å²) in [5, 5.41) is 12.1. The molecule has 2 atom stereocenters. The summed E-state index contributed by atoms with van der Waals surface area (Å²) in [5.41, 5.74) is 1.16. The molecule has 0 radical (unpaired) electrons. The lowest BCUT2D eigenvalue weighted by molar-refractivity contribution is 0.447. The van der Waals surface area contributed by atoms with E-state index < -0.39 is 0 Å². The molecule has 0 fully saturated rings. The summed E-state index contributed by atoms with van der Waals surface area (Å²) in [6.07, 6.45) is 5.15. The quantitative estimate of drug-likeness (QED) is 0.799. The van der Waals surface area contributed by atoms with Crippen LogP contribution >= 0.6 is 0 Å². The first kappa shape index (κ1) is 11.7. The van der Waals surface area contributed by atoms with E-state index in [1.165, 1.54) is 0 Å². The monoisotopic (exact) mass is 203 g/mol. The van der Waals surface area contributed by atoms with Gasteiger partial charge in [0.2, 0.25) is 0 Å². The maximum Gasteiger partial charge on any atom is 0.0638 e. The van der Waals surface area contributed by atoms with Crippen molar-refractivity contribution >= 4 is 0 Å². The molecule has 0 amide bonds. The summed E-state index contributed by atoms with van der Waals surface area (Å²) in [6, 6.07) is 6.69. The zero-order valence-corrected chi connectivity index (χ0v) is 9.27. The third-order valence-corrected chi connectivity index (χ3v) is 2.50. The molecule has 80 valence electrons. The van der Waals surface area contributed by atoms with Gasteiger partial charge in [0.05, 0.1) is 12.5 Å². The third-order valence-electron chi connectivity index (χ3n) is 2.50. The summed E-state index contributed by atoms with van der Waals surface area (Å²) in [6.45, 7) is 4.18. The van der Waals surface area contributed by atoms with Crippen LogP contribution in [0.25, 0.3) is 0 Å². The SMILES string of the molecule is CCC(CC#N)N[C@H](C)c1cccnc1. The molecule has 3 nitrogen and oxygen atoms in total. The standard InChI is InChI=1S/C12H17N3/c1-3-12(6-7-13)15-10(2)11-5-4-8-14-9-11/h4-5,8-10,12,15H,3,6H2,1-2H3/t10-,12?/m1/s1. The fourth-order valence-corrected chi connectivity index (χ4v) is 1.51. The van der Waals surface area contributed by atoms with E-state index in [0.717, 1.165) is 12.0 Å². The van der Waals surface area contributed by atoms with Crippen LogP contribution in [-0.2, 0) is 0 Å². The van der Waals surface area contributed by atoms with Crippen molar-refractivity contribution in [3.63, 3.8) is 0 Å². The van der Waals surface area contributed by atoms with Gasteiger partial charge >= 0.3 is 0 Å². The lowest BCUT2D eigenvalue weighted by Crippen LogP contribution is -2.30. The van der Waals surface area contributed by atoms with E-state index in [1.807, 2.05) is 18.3 Å². The number of nitrogens with zero attached hydrogens (tertiary/aromatic N) is 2. The molecule has 0 saturated heterocycles. The summed E-state index contributed by atoms with van der Waals surface area (Å²) in [5.74, 6) is 0. The molecule has 0 aromatic carbocycles. The largest absolute Gasteiger partial charge is 0.306 e. The van der Waals surface area contributed by atoms with Crippen molar-refractivity contribution in [2.45, 2.75) is 38.8 Å². The van der Waals surface area contributed by atoms with Crippen LogP contribution in [0.5, 0.6) is 0 Å². The first-order valence-electron chi connectivity index (χ1n) is 5.30. The Kier molecular flexibility index (Phi) is 4.79. The van der Waals surface area contributed by atoms with Crippen LogP contribution in [0.2, 0.25) is 0 Å². The molecule has 3 heteroatoms. The van der Waals surface area contributed by atoms with Crippen LogP contribution in [0.4, 0.5) is 0 Å². The highest BCUT2D eigenvalue weighted by Crippen LogP contribution is 2.12. The molecule has 1 aromatic rings. The van der Waals surface area contributed by atoms with Gasteiger partial charge in [0.1, 0.15) is 0 Å². The molecule has 0 bridgehead atoms. The summed E-state index contributed by atoms with van der Waals surface area (Å²) in [7, 11) is 0. The van der Waals surface area contributed by atoms with Crippen molar-refractivity contribution in [2.24, 2.45) is 0 Å². The van der Waals surface area contributed by atoms with E-state index >= 15 is 0 Å². The lowest BCUT2D eigenvalue weighted by atomic mass is 10.1. The second-order valence-electron chi connectivity index (χ2n) is 3.64. The average molecular weight is 203 g/mol. The van der Waals surface area contributed by atoms with Crippen molar-refractivity contribution in [1.82, 2.24) is 10.3 Å². The van der Waals surface area contributed by atoms with E-state index in [9.17, 15) is 0 Å². The van der Waals surface area contributed by atoms with Gasteiger partial charge in [-0.3, -0.25) is 4.98 Å². The van der Waals surface area contributed by atoms with Crippen molar-refractivity contribution in [2.75, 3.05) is 0 Å². The van der Waals surface area contributed by atoms with Gasteiger partial charge in [-0.2, -0.15) is 5.26 Å². The van der Waals surface area contributed by atoms with Crippen LogP contribution in [0, 0.1) is 11.3 Å². The zero-order chi connectivity index (χ0) is 11.1. The van der Waals surface area contributed by atoms with Gasteiger partial charge in [-0.05, 0) is 25.0 Å². The predicted molar refractivity (Wildman–Crippen MR) is 60.1 cm³/mol. The van der Waals surface area contributed by atoms with Gasteiger partial charge in [0, 0.05) is 24.5 Å². The van der Waals surface area contributed by atoms with Gasteiger partial charge < -0.3 is 5.32 Å².